The lowest BCUT2D eigenvalue weighted by Crippen LogP contribution is -2.11. The Morgan fingerprint density at radius 2 is 1.46 bits per heavy atom. The molecule has 4 rings (SSSR count). The van der Waals surface area contributed by atoms with Crippen molar-refractivity contribution in [3.8, 4) is 28.1 Å². The van der Waals surface area contributed by atoms with E-state index in [0.717, 1.165) is 28.1 Å². The number of rotatable bonds is 5. The van der Waals surface area contributed by atoms with Gasteiger partial charge in [0.2, 0.25) is 0 Å². The molecule has 0 aliphatic heterocycles. The van der Waals surface area contributed by atoms with Crippen LogP contribution in [0, 0.1) is 5.82 Å². The maximum Gasteiger partial charge on any atom is 0.132 e. The number of hydrogen-bond donors (Lipinski definition) is 0. The fourth-order valence-corrected chi connectivity index (χ4v) is 3.40. The van der Waals surface area contributed by atoms with Gasteiger partial charge in [-0.1, -0.05) is 54.6 Å². The summed E-state index contributed by atoms with van der Waals surface area (Å²) in [6, 6.07) is 25.3. The third-order valence-electron chi connectivity index (χ3n) is 4.68. The van der Waals surface area contributed by atoms with Crippen molar-refractivity contribution in [1.29, 1.82) is 0 Å². The van der Waals surface area contributed by atoms with Gasteiger partial charge < -0.3 is 4.90 Å². The summed E-state index contributed by atoms with van der Waals surface area (Å²) in [7, 11) is 3.99. The van der Waals surface area contributed by atoms with Gasteiger partial charge in [0.15, 0.2) is 0 Å². The van der Waals surface area contributed by atoms with Gasteiger partial charge in [-0.15, -0.1) is 0 Å². The molecule has 0 radical (unpaired) electrons. The van der Waals surface area contributed by atoms with Gasteiger partial charge in [0.25, 0.3) is 0 Å². The molecule has 4 aromatic rings. The summed E-state index contributed by atoms with van der Waals surface area (Å²) < 4.78 is 16.4. The van der Waals surface area contributed by atoms with Crippen LogP contribution in [-0.4, -0.2) is 28.8 Å². The minimum Gasteiger partial charge on any atom is -0.305 e. The molecule has 0 bridgehead atoms. The van der Waals surface area contributed by atoms with Crippen LogP contribution in [0.5, 0.6) is 0 Å². The van der Waals surface area contributed by atoms with Crippen molar-refractivity contribution in [1.82, 2.24) is 14.7 Å². The maximum absolute atomic E-state index is 14.6. The molecule has 0 saturated heterocycles. The second-order valence-corrected chi connectivity index (χ2v) is 7.06. The topological polar surface area (TPSA) is 21.1 Å². The van der Waals surface area contributed by atoms with Crippen LogP contribution < -0.4 is 0 Å². The highest BCUT2D eigenvalue weighted by molar-refractivity contribution is 5.68. The molecule has 0 N–H and O–H groups in total. The molecule has 1 aromatic heterocycles. The molecule has 3 nitrogen and oxygen atoms in total. The first-order valence-electron chi connectivity index (χ1n) is 9.26. The van der Waals surface area contributed by atoms with E-state index in [2.05, 4.69) is 34.3 Å². The molecule has 4 heteroatoms. The Labute approximate surface area is 164 Å². The van der Waals surface area contributed by atoms with Gasteiger partial charge in [0.05, 0.1) is 17.6 Å². The molecular weight excluding hydrogens is 349 g/mol. The zero-order chi connectivity index (χ0) is 19.5. The number of nitrogens with zero attached hydrogens (tertiary/aromatic N) is 3. The summed E-state index contributed by atoms with van der Waals surface area (Å²) in [6.07, 6.45) is 1.83. The van der Waals surface area contributed by atoms with Crippen LogP contribution in [0.25, 0.3) is 28.1 Å². The summed E-state index contributed by atoms with van der Waals surface area (Å²) in [5.74, 6) is -0.245. The second-order valence-electron chi connectivity index (χ2n) is 7.06. The second kappa shape index (κ2) is 7.79. The fourth-order valence-electron chi connectivity index (χ4n) is 3.40. The first-order valence-corrected chi connectivity index (χ1v) is 9.26. The summed E-state index contributed by atoms with van der Waals surface area (Å²) in [5.41, 5.74) is 5.54. The Morgan fingerprint density at radius 1 is 0.821 bits per heavy atom. The molecule has 0 atom stereocenters. The SMILES string of the molecule is CN(C)Cc1cnn(-c2ccc(-c3ccccc3)cc2)c1-c1ccccc1F. The zero-order valence-electron chi connectivity index (χ0n) is 16.0. The standard InChI is InChI=1S/C24H22FN3/c1-27(2)17-20-16-26-28(24(20)22-10-6-7-11-23(22)25)21-14-12-19(13-15-21)18-8-4-3-5-9-18/h3-16H,17H2,1-2H3. The normalized spacial score (nSPS) is 11.1. The minimum atomic E-state index is -0.245. The lowest BCUT2D eigenvalue weighted by molar-refractivity contribution is 0.403. The third kappa shape index (κ3) is 3.59. The van der Waals surface area contributed by atoms with E-state index in [1.807, 2.05) is 61.4 Å². The highest BCUT2D eigenvalue weighted by Gasteiger charge is 2.18. The van der Waals surface area contributed by atoms with Crippen LogP contribution >= 0.6 is 0 Å². The zero-order valence-corrected chi connectivity index (χ0v) is 16.0. The first-order chi connectivity index (χ1) is 13.6. The highest BCUT2D eigenvalue weighted by Crippen LogP contribution is 2.30. The molecule has 1 heterocycles. The van der Waals surface area contributed by atoms with Crippen LogP contribution in [0.2, 0.25) is 0 Å². The van der Waals surface area contributed by atoms with Crippen molar-refractivity contribution in [3.05, 3.63) is 96.4 Å². The van der Waals surface area contributed by atoms with E-state index in [9.17, 15) is 4.39 Å². The molecule has 0 saturated carbocycles. The van der Waals surface area contributed by atoms with Gasteiger partial charge in [0.1, 0.15) is 5.82 Å². The Balaban J connectivity index is 1.80. The highest BCUT2D eigenvalue weighted by atomic mass is 19.1. The van der Waals surface area contributed by atoms with E-state index < -0.39 is 0 Å². The van der Waals surface area contributed by atoms with Gasteiger partial charge in [0, 0.05) is 17.7 Å². The van der Waals surface area contributed by atoms with Gasteiger partial charge in [-0.3, -0.25) is 0 Å². The molecule has 0 unspecified atom stereocenters. The molecule has 28 heavy (non-hydrogen) atoms. The third-order valence-corrected chi connectivity index (χ3v) is 4.68. The molecule has 140 valence electrons. The van der Waals surface area contributed by atoms with Crippen molar-refractivity contribution >= 4 is 0 Å². The number of aromatic nitrogens is 2. The van der Waals surface area contributed by atoms with E-state index in [4.69, 9.17) is 0 Å². The van der Waals surface area contributed by atoms with E-state index in [0.29, 0.717) is 12.1 Å². The predicted octanol–water partition coefficient (Wildman–Crippen LogP) is 5.41. The summed E-state index contributed by atoms with van der Waals surface area (Å²) >= 11 is 0. The van der Waals surface area contributed by atoms with Crippen LogP contribution in [-0.2, 0) is 6.54 Å². The predicted molar refractivity (Wildman–Crippen MR) is 112 cm³/mol. The Hall–Kier alpha value is -3.24. The Morgan fingerprint density at radius 3 is 2.14 bits per heavy atom. The summed E-state index contributed by atoms with van der Waals surface area (Å²) in [5, 5.41) is 4.58. The van der Waals surface area contributed by atoms with Gasteiger partial charge in [-0.05, 0) is 49.5 Å². The average molecular weight is 371 g/mol. The lowest BCUT2D eigenvalue weighted by atomic mass is 10.0. The molecule has 0 aliphatic rings. The average Bonchev–Trinajstić information content (AvgIpc) is 3.12. The van der Waals surface area contributed by atoms with Gasteiger partial charge in [-0.2, -0.15) is 5.10 Å². The van der Waals surface area contributed by atoms with Gasteiger partial charge >= 0.3 is 0 Å². The van der Waals surface area contributed by atoms with Crippen molar-refractivity contribution in [3.63, 3.8) is 0 Å². The Kier molecular flexibility index (Phi) is 5.04. The number of halogens is 1. The molecule has 0 fully saturated rings. The quantitative estimate of drug-likeness (QED) is 0.468. The van der Waals surface area contributed by atoms with Gasteiger partial charge in [-0.25, -0.2) is 9.07 Å². The lowest BCUT2D eigenvalue weighted by Gasteiger charge is -2.14. The smallest absolute Gasteiger partial charge is 0.132 e. The largest absolute Gasteiger partial charge is 0.305 e. The molecular formula is C24H22FN3. The molecule has 0 spiro atoms. The van der Waals surface area contributed by atoms with Crippen LogP contribution in [0.1, 0.15) is 5.56 Å². The van der Waals surface area contributed by atoms with Crippen LogP contribution in [0.15, 0.2) is 85.1 Å². The van der Waals surface area contributed by atoms with E-state index in [1.165, 1.54) is 6.07 Å². The monoisotopic (exact) mass is 371 g/mol. The van der Waals surface area contributed by atoms with Crippen LogP contribution in [0.4, 0.5) is 4.39 Å². The molecule has 0 aliphatic carbocycles. The fraction of sp³-hybridized carbons (Fsp3) is 0.125. The van der Waals surface area contributed by atoms with E-state index in [-0.39, 0.29) is 5.82 Å². The summed E-state index contributed by atoms with van der Waals surface area (Å²) in [4.78, 5) is 2.06. The van der Waals surface area contributed by atoms with Crippen LogP contribution in [0.3, 0.4) is 0 Å². The van der Waals surface area contributed by atoms with Crippen molar-refractivity contribution < 1.29 is 4.39 Å². The molecule has 3 aromatic carbocycles. The van der Waals surface area contributed by atoms with Crippen molar-refractivity contribution in [2.24, 2.45) is 0 Å². The first kappa shape index (κ1) is 18.1. The van der Waals surface area contributed by atoms with Crippen molar-refractivity contribution in [2.45, 2.75) is 6.54 Å². The molecule has 0 amide bonds. The van der Waals surface area contributed by atoms with Crippen molar-refractivity contribution in [2.75, 3.05) is 14.1 Å². The maximum atomic E-state index is 14.6. The number of benzene rings is 3. The minimum absolute atomic E-state index is 0.245. The summed E-state index contributed by atoms with van der Waals surface area (Å²) in [6.45, 7) is 0.686. The number of hydrogen-bond acceptors (Lipinski definition) is 2. The van der Waals surface area contributed by atoms with E-state index in [1.54, 1.807) is 12.1 Å². The Bertz CT molecular complexity index is 1070. The van der Waals surface area contributed by atoms with E-state index >= 15 is 0 Å².